The molecule has 4 nitrogen and oxygen atoms in total. The number of furan rings is 1. The van der Waals surface area contributed by atoms with Crippen LogP contribution >= 0.6 is 11.6 Å². The van der Waals surface area contributed by atoms with E-state index in [4.69, 9.17) is 16.0 Å². The smallest absolute Gasteiger partial charge is 0.271 e. The van der Waals surface area contributed by atoms with Crippen molar-refractivity contribution < 1.29 is 13.6 Å². The van der Waals surface area contributed by atoms with Crippen LogP contribution in [-0.2, 0) is 0 Å². The first-order chi connectivity index (χ1) is 12.0. The van der Waals surface area contributed by atoms with Crippen LogP contribution in [0.25, 0.3) is 11.3 Å². The minimum atomic E-state index is -0.437. The van der Waals surface area contributed by atoms with Gasteiger partial charge in [-0.05, 0) is 55.0 Å². The zero-order valence-electron chi connectivity index (χ0n) is 13.3. The summed E-state index contributed by atoms with van der Waals surface area (Å²) in [5.41, 5.74) is 4.51. The van der Waals surface area contributed by atoms with Gasteiger partial charge in [-0.2, -0.15) is 5.10 Å². The minimum Gasteiger partial charge on any atom is -0.455 e. The summed E-state index contributed by atoms with van der Waals surface area (Å²) in [6.07, 6.45) is 1.39. The Hall–Kier alpha value is -2.92. The summed E-state index contributed by atoms with van der Waals surface area (Å²) < 4.78 is 18.5. The molecule has 1 amide bonds. The summed E-state index contributed by atoms with van der Waals surface area (Å²) in [6, 6.07) is 14.4. The van der Waals surface area contributed by atoms with Crippen molar-refractivity contribution in [1.29, 1.82) is 0 Å². The lowest BCUT2D eigenvalue weighted by Gasteiger charge is -2.01. The molecule has 1 N–H and O–H groups in total. The van der Waals surface area contributed by atoms with Crippen LogP contribution in [0.2, 0.25) is 5.02 Å². The number of nitrogens with one attached hydrogen (secondary N) is 1. The Bertz CT molecular complexity index is 933. The molecule has 126 valence electrons. The van der Waals surface area contributed by atoms with E-state index >= 15 is 0 Å². The Balaban J connectivity index is 1.66. The Morgan fingerprint density at radius 3 is 2.64 bits per heavy atom. The second-order valence-electron chi connectivity index (χ2n) is 5.37. The molecule has 0 atom stereocenters. The van der Waals surface area contributed by atoms with Crippen LogP contribution in [0, 0.1) is 12.7 Å². The molecule has 0 bridgehead atoms. The monoisotopic (exact) mass is 356 g/mol. The molecule has 3 rings (SSSR count). The largest absolute Gasteiger partial charge is 0.455 e. The maximum atomic E-state index is 12.8. The standard InChI is InChI=1S/C19H14ClFN2O2/c1-12-2-3-14(10-17(12)20)18-9-8-16(25-18)11-22-23-19(24)13-4-6-15(21)7-5-13/h2-11H,1H3,(H,23,24). The predicted molar refractivity (Wildman–Crippen MR) is 95.4 cm³/mol. The van der Waals surface area contributed by atoms with Crippen LogP contribution < -0.4 is 5.43 Å². The lowest BCUT2D eigenvalue weighted by atomic mass is 10.1. The van der Waals surface area contributed by atoms with Gasteiger partial charge in [0.25, 0.3) is 5.91 Å². The average molecular weight is 357 g/mol. The van der Waals surface area contributed by atoms with Gasteiger partial charge in [0, 0.05) is 16.1 Å². The van der Waals surface area contributed by atoms with Crippen LogP contribution in [0.3, 0.4) is 0 Å². The van der Waals surface area contributed by atoms with E-state index in [9.17, 15) is 9.18 Å². The van der Waals surface area contributed by atoms with E-state index in [2.05, 4.69) is 10.5 Å². The Kier molecular flexibility index (Phi) is 4.95. The number of amides is 1. The SMILES string of the molecule is Cc1ccc(-c2ccc(C=NNC(=O)c3ccc(F)cc3)o2)cc1Cl. The number of benzene rings is 2. The lowest BCUT2D eigenvalue weighted by Crippen LogP contribution is -2.17. The van der Waals surface area contributed by atoms with Gasteiger partial charge in [-0.15, -0.1) is 0 Å². The molecule has 0 spiro atoms. The van der Waals surface area contributed by atoms with E-state index in [0.717, 1.165) is 11.1 Å². The van der Waals surface area contributed by atoms with E-state index in [0.29, 0.717) is 22.1 Å². The minimum absolute atomic E-state index is 0.313. The topological polar surface area (TPSA) is 54.6 Å². The molecule has 0 unspecified atom stereocenters. The molecule has 1 aromatic heterocycles. The number of rotatable bonds is 4. The Labute approximate surface area is 148 Å². The number of aryl methyl sites for hydroxylation is 1. The zero-order valence-corrected chi connectivity index (χ0v) is 14.0. The molecular weight excluding hydrogens is 343 g/mol. The number of carbonyl (C=O) groups is 1. The number of carbonyl (C=O) groups excluding carboxylic acids is 1. The fraction of sp³-hybridized carbons (Fsp3) is 0.0526. The van der Waals surface area contributed by atoms with Gasteiger partial charge in [-0.25, -0.2) is 9.82 Å². The number of hydrazone groups is 1. The number of hydrogen-bond acceptors (Lipinski definition) is 3. The van der Waals surface area contributed by atoms with E-state index in [1.807, 2.05) is 25.1 Å². The van der Waals surface area contributed by atoms with Crippen molar-refractivity contribution in [3.8, 4) is 11.3 Å². The van der Waals surface area contributed by atoms with E-state index in [1.54, 1.807) is 12.1 Å². The van der Waals surface area contributed by atoms with E-state index < -0.39 is 11.7 Å². The summed E-state index contributed by atoms with van der Waals surface area (Å²) in [5.74, 6) is 0.284. The molecule has 1 heterocycles. The first-order valence-electron chi connectivity index (χ1n) is 7.48. The molecule has 6 heteroatoms. The number of hydrogen-bond donors (Lipinski definition) is 1. The molecule has 0 aliphatic heterocycles. The molecule has 0 aliphatic carbocycles. The fourth-order valence-electron chi connectivity index (χ4n) is 2.14. The van der Waals surface area contributed by atoms with Gasteiger partial charge < -0.3 is 4.42 Å². The summed E-state index contributed by atoms with van der Waals surface area (Å²) in [5, 5.41) is 4.50. The van der Waals surface area contributed by atoms with Crippen LogP contribution in [0.15, 0.2) is 64.1 Å². The van der Waals surface area contributed by atoms with Gasteiger partial charge in [0.05, 0.1) is 6.21 Å². The van der Waals surface area contributed by atoms with Crippen molar-refractivity contribution in [2.45, 2.75) is 6.92 Å². The molecule has 3 aromatic rings. The first kappa shape index (κ1) is 16.9. The molecule has 0 saturated carbocycles. The van der Waals surface area contributed by atoms with Crippen molar-refractivity contribution in [2.24, 2.45) is 5.10 Å². The van der Waals surface area contributed by atoms with E-state index in [-0.39, 0.29) is 0 Å². The van der Waals surface area contributed by atoms with Gasteiger partial charge in [0.15, 0.2) is 0 Å². The third-order valence-electron chi connectivity index (χ3n) is 3.55. The van der Waals surface area contributed by atoms with Crippen LogP contribution in [-0.4, -0.2) is 12.1 Å². The molecule has 25 heavy (non-hydrogen) atoms. The Morgan fingerprint density at radius 2 is 1.92 bits per heavy atom. The quantitative estimate of drug-likeness (QED) is 0.538. The number of halogens is 2. The lowest BCUT2D eigenvalue weighted by molar-refractivity contribution is 0.0955. The third-order valence-corrected chi connectivity index (χ3v) is 3.95. The Morgan fingerprint density at radius 1 is 1.16 bits per heavy atom. The second-order valence-corrected chi connectivity index (χ2v) is 5.78. The summed E-state index contributed by atoms with van der Waals surface area (Å²) in [7, 11) is 0. The maximum Gasteiger partial charge on any atom is 0.271 e. The maximum absolute atomic E-state index is 12.8. The normalized spacial score (nSPS) is 11.0. The molecule has 0 radical (unpaired) electrons. The van der Waals surface area contributed by atoms with Gasteiger partial charge in [0.1, 0.15) is 17.3 Å². The molecule has 0 aliphatic rings. The first-order valence-corrected chi connectivity index (χ1v) is 7.86. The van der Waals surface area contributed by atoms with Crippen molar-refractivity contribution >= 4 is 23.7 Å². The highest BCUT2D eigenvalue weighted by Gasteiger charge is 2.06. The van der Waals surface area contributed by atoms with Crippen molar-refractivity contribution in [3.05, 3.63) is 82.3 Å². The van der Waals surface area contributed by atoms with Crippen LogP contribution in [0.4, 0.5) is 4.39 Å². The van der Waals surface area contributed by atoms with Gasteiger partial charge >= 0.3 is 0 Å². The average Bonchev–Trinajstić information content (AvgIpc) is 3.07. The molecule has 2 aromatic carbocycles. The second kappa shape index (κ2) is 7.32. The van der Waals surface area contributed by atoms with Crippen LogP contribution in [0.1, 0.15) is 21.7 Å². The van der Waals surface area contributed by atoms with Crippen LogP contribution in [0.5, 0.6) is 0 Å². The highest BCUT2D eigenvalue weighted by Crippen LogP contribution is 2.26. The summed E-state index contributed by atoms with van der Waals surface area (Å²) in [6.45, 7) is 1.93. The van der Waals surface area contributed by atoms with Crippen molar-refractivity contribution in [2.75, 3.05) is 0 Å². The molecule has 0 saturated heterocycles. The predicted octanol–water partition coefficient (Wildman–Crippen LogP) is 4.81. The van der Waals surface area contributed by atoms with E-state index in [1.165, 1.54) is 30.5 Å². The summed E-state index contributed by atoms with van der Waals surface area (Å²) in [4.78, 5) is 11.8. The van der Waals surface area contributed by atoms with Gasteiger partial charge in [0.2, 0.25) is 0 Å². The van der Waals surface area contributed by atoms with Gasteiger partial charge in [-0.3, -0.25) is 4.79 Å². The zero-order chi connectivity index (χ0) is 17.8. The molecule has 0 fully saturated rings. The third kappa shape index (κ3) is 4.14. The summed E-state index contributed by atoms with van der Waals surface area (Å²) >= 11 is 6.12. The van der Waals surface area contributed by atoms with Gasteiger partial charge in [-0.1, -0.05) is 23.7 Å². The fourth-order valence-corrected chi connectivity index (χ4v) is 2.32. The highest BCUT2D eigenvalue weighted by molar-refractivity contribution is 6.31. The molecular formula is C19H14ClFN2O2. The highest BCUT2D eigenvalue weighted by atomic mass is 35.5. The van der Waals surface area contributed by atoms with Crippen molar-refractivity contribution in [3.63, 3.8) is 0 Å². The number of nitrogens with zero attached hydrogens (tertiary/aromatic N) is 1. The van der Waals surface area contributed by atoms with Crippen molar-refractivity contribution in [1.82, 2.24) is 5.43 Å².